The van der Waals surface area contributed by atoms with Crippen LogP contribution in [-0.4, -0.2) is 18.5 Å². The number of halogens is 1. The van der Waals surface area contributed by atoms with Crippen molar-refractivity contribution < 1.29 is 19.1 Å². The van der Waals surface area contributed by atoms with Crippen LogP contribution >= 0.6 is 11.6 Å². The number of carbonyl (C=O) groups excluding carboxylic acids is 2. The van der Waals surface area contributed by atoms with Crippen LogP contribution in [-0.2, 0) is 11.4 Å². The van der Waals surface area contributed by atoms with Crippen molar-refractivity contribution in [2.75, 3.05) is 11.5 Å². The fourth-order valence-electron chi connectivity index (χ4n) is 3.55. The van der Waals surface area contributed by atoms with Crippen LogP contribution in [0.1, 0.15) is 23.6 Å². The Morgan fingerprint density at radius 2 is 1.79 bits per heavy atom. The van der Waals surface area contributed by atoms with Gasteiger partial charge < -0.3 is 14.8 Å². The van der Waals surface area contributed by atoms with E-state index in [-0.39, 0.29) is 5.70 Å². The lowest BCUT2D eigenvalue weighted by Crippen LogP contribution is -2.30. The monoisotopic (exact) mass is 462 g/mol. The van der Waals surface area contributed by atoms with Gasteiger partial charge in [-0.2, -0.15) is 0 Å². The number of ether oxygens (including phenoxy) is 2. The van der Waals surface area contributed by atoms with E-state index in [0.717, 1.165) is 16.0 Å². The third-order valence-electron chi connectivity index (χ3n) is 5.00. The van der Waals surface area contributed by atoms with Crippen LogP contribution in [0.4, 0.5) is 10.5 Å². The van der Waals surface area contributed by atoms with Gasteiger partial charge in [0.25, 0.3) is 5.91 Å². The number of aryl methyl sites for hydroxylation is 1. The van der Waals surface area contributed by atoms with Crippen LogP contribution in [0.15, 0.2) is 72.4 Å². The smallest absolute Gasteiger partial charge is 0.333 e. The predicted octanol–water partition coefficient (Wildman–Crippen LogP) is 5.72. The van der Waals surface area contributed by atoms with Gasteiger partial charge in [-0.25, -0.2) is 9.69 Å². The fraction of sp³-hybridized carbons (Fsp3) is 0.154. The minimum atomic E-state index is -0.508. The molecule has 0 aliphatic carbocycles. The van der Waals surface area contributed by atoms with Gasteiger partial charge in [-0.3, -0.25) is 4.79 Å². The molecule has 1 aliphatic rings. The van der Waals surface area contributed by atoms with Crippen LogP contribution < -0.4 is 19.7 Å². The first-order chi connectivity index (χ1) is 16.0. The van der Waals surface area contributed by atoms with Gasteiger partial charge in [-0.15, -0.1) is 0 Å². The molecule has 3 aromatic rings. The lowest BCUT2D eigenvalue weighted by atomic mass is 10.1. The predicted molar refractivity (Wildman–Crippen MR) is 129 cm³/mol. The SMILES string of the molecule is CCOc1cc(/C=C2/NC(=O)N(c3ccccc3)C2=O)cc(Cl)c1OCc1cccc(C)c1. The average molecular weight is 463 g/mol. The number of carbonyl (C=O) groups is 2. The lowest BCUT2D eigenvalue weighted by Gasteiger charge is -2.15. The molecule has 0 aromatic heterocycles. The number of imide groups is 1. The van der Waals surface area contributed by atoms with E-state index in [9.17, 15) is 9.59 Å². The molecule has 3 aromatic carbocycles. The number of amides is 3. The summed E-state index contributed by atoms with van der Waals surface area (Å²) in [7, 11) is 0. The van der Waals surface area contributed by atoms with Crippen molar-refractivity contribution in [2.24, 2.45) is 0 Å². The molecule has 168 valence electrons. The number of nitrogens with one attached hydrogen (secondary N) is 1. The number of anilines is 1. The number of nitrogens with zero attached hydrogens (tertiary/aromatic N) is 1. The molecule has 7 heteroatoms. The summed E-state index contributed by atoms with van der Waals surface area (Å²) in [6.07, 6.45) is 1.57. The Morgan fingerprint density at radius 3 is 2.52 bits per heavy atom. The molecule has 1 fully saturated rings. The highest BCUT2D eigenvalue weighted by Gasteiger charge is 2.34. The third kappa shape index (κ3) is 5.02. The van der Waals surface area contributed by atoms with E-state index in [4.69, 9.17) is 21.1 Å². The van der Waals surface area contributed by atoms with Crippen LogP contribution in [0, 0.1) is 6.92 Å². The second kappa shape index (κ2) is 9.79. The molecule has 0 saturated carbocycles. The highest BCUT2D eigenvalue weighted by Crippen LogP contribution is 2.38. The van der Waals surface area contributed by atoms with E-state index in [1.807, 2.05) is 44.2 Å². The number of urea groups is 1. The Balaban J connectivity index is 1.60. The molecule has 0 radical (unpaired) electrons. The van der Waals surface area contributed by atoms with Crippen molar-refractivity contribution in [2.45, 2.75) is 20.5 Å². The van der Waals surface area contributed by atoms with Gasteiger partial charge in [-0.1, -0.05) is 59.6 Å². The maximum atomic E-state index is 12.9. The minimum absolute atomic E-state index is 0.149. The molecule has 0 unspecified atom stereocenters. The van der Waals surface area contributed by atoms with Crippen molar-refractivity contribution in [3.63, 3.8) is 0 Å². The Morgan fingerprint density at radius 1 is 1.00 bits per heavy atom. The first-order valence-electron chi connectivity index (χ1n) is 10.5. The molecule has 1 N–H and O–H groups in total. The van der Waals surface area contributed by atoms with Crippen molar-refractivity contribution in [1.29, 1.82) is 0 Å². The Bertz CT molecular complexity index is 1220. The minimum Gasteiger partial charge on any atom is -0.490 e. The van der Waals surface area contributed by atoms with Crippen LogP contribution in [0.5, 0.6) is 11.5 Å². The van der Waals surface area contributed by atoms with Crippen molar-refractivity contribution in [1.82, 2.24) is 5.32 Å². The summed E-state index contributed by atoms with van der Waals surface area (Å²) in [6, 6.07) is 19.7. The van der Waals surface area contributed by atoms with Gasteiger partial charge in [0.2, 0.25) is 0 Å². The summed E-state index contributed by atoms with van der Waals surface area (Å²) in [4.78, 5) is 26.4. The number of hydrogen-bond acceptors (Lipinski definition) is 4. The standard InChI is InChI=1S/C26H23ClN2O4/c1-3-32-23-15-19(13-21(27)24(23)33-16-18-9-7-8-17(2)12-18)14-22-25(30)29(26(31)28-22)20-10-5-4-6-11-20/h4-15H,3,16H2,1-2H3,(H,28,31)/b22-14+. The van der Waals surface area contributed by atoms with Gasteiger partial charge in [0.1, 0.15) is 12.3 Å². The molecule has 4 rings (SSSR count). The Labute approximate surface area is 197 Å². The van der Waals surface area contributed by atoms with E-state index in [2.05, 4.69) is 5.32 Å². The van der Waals surface area contributed by atoms with Crippen molar-refractivity contribution in [3.8, 4) is 11.5 Å². The van der Waals surface area contributed by atoms with Gasteiger partial charge in [0.05, 0.1) is 17.3 Å². The zero-order chi connectivity index (χ0) is 23.4. The van der Waals surface area contributed by atoms with Gasteiger partial charge in [0.15, 0.2) is 11.5 Å². The summed E-state index contributed by atoms with van der Waals surface area (Å²) in [5.41, 5.74) is 3.40. The third-order valence-corrected chi connectivity index (χ3v) is 5.28. The number of hydrogen-bond donors (Lipinski definition) is 1. The van der Waals surface area contributed by atoms with Crippen LogP contribution in [0.2, 0.25) is 5.02 Å². The van der Waals surface area contributed by atoms with E-state index >= 15 is 0 Å². The van der Waals surface area contributed by atoms with E-state index < -0.39 is 11.9 Å². The highest BCUT2D eigenvalue weighted by molar-refractivity contribution is 6.32. The molecule has 1 heterocycles. The second-order valence-electron chi connectivity index (χ2n) is 7.51. The van der Waals surface area contributed by atoms with Crippen LogP contribution in [0.3, 0.4) is 0 Å². The summed E-state index contributed by atoms with van der Waals surface area (Å²) >= 11 is 6.53. The first-order valence-corrected chi connectivity index (χ1v) is 10.9. The summed E-state index contributed by atoms with van der Waals surface area (Å²) < 4.78 is 11.7. The summed E-state index contributed by atoms with van der Waals surface area (Å²) in [6.45, 7) is 4.63. The normalized spacial score (nSPS) is 14.5. The maximum absolute atomic E-state index is 12.9. The first kappa shape index (κ1) is 22.4. The molecule has 3 amide bonds. The number of rotatable bonds is 7. The second-order valence-corrected chi connectivity index (χ2v) is 7.91. The molecule has 1 aliphatic heterocycles. The number of para-hydroxylation sites is 1. The topological polar surface area (TPSA) is 67.9 Å². The van der Waals surface area contributed by atoms with E-state index in [1.54, 1.807) is 42.5 Å². The van der Waals surface area contributed by atoms with Gasteiger partial charge >= 0.3 is 6.03 Å². The quantitative estimate of drug-likeness (QED) is 0.360. The Kier molecular flexibility index (Phi) is 6.66. The molecule has 0 atom stereocenters. The fourth-order valence-corrected chi connectivity index (χ4v) is 3.82. The van der Waals surface area contributed by atoms with Crippen LogP contribution in [0.25, 0.3) is 6.08 Å². The largest absolute Gasteiger partial charge is 0.490 e. The highest BCUT2D eigenvalue weighted by atomic mass is 35.5. The zero-order valence-corrected chi connectivity index (χ0v) is 19.1. The van der Waals surface area contributed by atoms with Gasteiger partial charge in [-0.05, 0) is 55.3 Å². The molecule has 0 spiro atoms. The number of benzene rings is 3. The van der Waals surface area contributed by atoms with Crippen molar-refractivity contribution in [3.05, 3.63) is 94.1 Å². The molecular weight excluding hydrogens is 440 g/mol. The molecule has 33 heavy (non-hydrogen) atoms. The zero-order valence-electron chi connectivity index (χ0n) is 18.3. The van der Waals surface area contributed by atoms with Gasteiger partial charge in [0, 0.05) is 0 Å². The molecule has 1 saturated heterocycles. The summed E-state index contributed by atoms with van der Waals surface area (Å²) in [5, 5.41) is 2.97. The molecule has 6 nitrogen and oxygen atoms in total. The maximum Gasteiger partial charge on any atom is 0.333 e. The molecule has 0 bridgehead atoms. The van der Waals surface area contributed by atoms with Crippen molar-refractivity contribution >= 4 is 35.3 Å². The van der Waals surface area contributed by atoms with E-state index in [0.29, 0.717) is 41.0 Å². The Hall–Kier alpha value is -3.77. The lowest BCUT2D eigenvalue weighted by molar-refractivity contribution is -0.113. The van der Waals surface area contributed by atoms with E-state index in [1.165, 1.54) is 0 Å². The molecular formula is C26H23ClN2O4. The average Bonchev–Trinajstić information content (AvgIpc) is 3.06. The summed E-state index contributed by atoms with van der Waals surface area (Å²) in [5.74, 6) is 0.441.